The van der Waals surface area contributed by atoms with Gasteiger partial charge in [-0.1, -0.05) is 348 Å². The van der Waals surface area contributed by atoms with Gasteiger partial charge >= 0.3 is 5.97 Å². The molecular weight excluding hydrogens is 741 g/mol. The van der Waals surface area contributed by atoms with Gasteiger partial charge < -0.3 is 4.74 Å². The Labute approximate surface area is 387 Å². The van der Waals surface area contributed by atoms with Crippen LogP contribution in [0.2, 0.25) is 0 Å². The Bertz CT molecular complexity index is 762. The average molecular weight is 860 g/mol. The molecule has 0 atom stereocenters. The molecular formula is C59H118O2. The molecule has 0 rings (SSSR count). The molecule has 0 spiro atoms. The maximum Gasteiger partial charge on any atom is 0.305 e. The largest absolute Gasteiger partial charge is 0.466 e. The maximum absolute atomic E-state index is 12.1. The Balaban J connectivity index is 3.14. The van der Waals surface area contributed by atoms with Crippen molar-refractivity contribution in [2.24, 2.45) is 0 Å². The second-order valence-electron chi connectivity index (χ2n) is 20.4. The van der Waals surface area contributed by atoms with Crippen molar-refractivity contribution in [2.45, 2.75) is 367 Å². The molecule has 0 radical (unpaired) electrons. The van der Waals surface area contributed by atoms with Crippen molar-refractivity contribution < 1.29 is 9.53 Å². The van der Waals surface area contributed by atoms with Crippen LogP contribution in [0.15, 0.2) is 0 Å². The fraction of sp³-hybridized carbons (Fsp3) is 0.983. The van der Waals surface area contributed by atoms with E-state index in [1.54, 1.807) is 0 Å². The number of carbonyl (C=O) groups is 1. The summed E-state index contributed by atoms with van der Waals surface area (Å²) >= 11 is 0. The lowest BCUT2D eigenvalue weighted by atomic mass is 10.0. The third kappa shape index (κ3) is 57.5. The van der Waals surface area contributed by atoms with Gasteiger partial charge in [-0.25, -0.2) is 0 Å². The molecule has 2 nitrogen and oxygen atoms in total. The molecule has 0 unspecified atom stereocenters. The van der Waals surface area contributed by atoms with Gasteiger partial charge in [-0.2, -0.15) is 0 Å². The molecule has 0 saturated carbocycles. The van der Waals surface area contributed by atoms with Crippen LogP contribution in [-0.4, -0.2) is 12.6 Å². The van der Waals surface area contributed by atoms with Crippen LogP contribution in [0.1, 0.15) is 367 Å². The predicted molar refractivity (Wildman–Crippen MR) is 276 cm³/mol. The van der Waals surface area contributed by atoms with Gasteiger partial charge in [0.2, 0.25) is 0 Å². The van der Waals surface area contributed by atoms with Crippen LogP contribution >= 0.6 is 0 Å². The fourth-order valence-electron chi connectivity index (χ4n) is 9.61. The minimum absolute atomic E-state index is 0.0365. The maximum atomic E-state index is 12.1. The predicted octanol–water partition coefficient (Wildman–Crippen LogP) is 22.0. The number of hydrogen-bond donors (Lipinski definition) is 0. The first kappa shape index (κ1) is 60.5. The fourth-order valence-corrected chi connectivity index (χ4v) is 9.61. The van der Waals surface area contributed by atoms with Crippen LogP contribution in [-0.2, 0) is 9.53 Å². The second-order valence-corrected chi connectivity index (χ2v) is 20.4. The van der Waals surface area contributed by atoms with Crippen LogP contribution in [0.3, 0.4) is 0 Å². The summed E-state index contributed by atoms with van der Waals surface area (Å²) in [5.41, 5.74) is 0. The topological polar surface area (TPSA) is 26.3 Å². The molecule has 0 N–H and O–H groups in total. The summed E-state index contributed by atoms with van der Waals surface area (Å²) in [4.78, 5) is 12.1. The normalized spacial score (nSPS) is 11.6. The highest BCUT2D eigenvalue weighted by atomic mass is 16.5. The van der Waals surface area contributed by atoms with Crippen molar-refractivity contribution in [3.63, 3.8) is 0 Å². The molecule has 0 aromatic carbocycles. The van der Waals surface area contributed by atoms with E-state index in [1.165, 1.54) is 334 Å². The van der Waals surface area contributed by atoms with E-state index in [9.17, 15) is 4.79 Å². The van der Waals surface area contributed by atoms with Crippen molar-refractivity contribution >= 4 is 5.97 Å². The van der Waals surface area contributed by atoms with Crippen LogP contribution in [0.5, 0.6) is 0 Å². The summed E-state index contributed by atoms with van der Waals surface area (Å²) in [6, 6.07) is 0. The zero-order valence-electron chi connectivity index (χ0n) is 42.9. The van der Waals surface area contributed by atoms with Gasteiger partial charge in [-0.15, -0.1) is 0 Å². The lowest BCUT2D eigenvalue weighted by molar-refractivity contribution is -0.143. The first-order chi connectivity index (χ1) is 30.3. The second kappa shape index (κ2) is 57.5. The Morgan fingerprint density at radius 3 is 0.541 bits per heavy atom. The lowest BCUT2D eigenvalue weighted by Crippen LogP contribution is -2.05. The highest BCUT2D eigenvalue weighted by molar-refractivity contribution is 5.69. The molecule has 61 heavy (non-hydrogen) atoms. The number of ether oxygens (including phenoxy) is 1. The van der Waals surface area contributed by atoms with Crippen LogP contribution in [0, 0.1) is 0 Å². The van der Waals surface area contributed by atoms with Gasteiger partial charge in [-0.3, -0.25) is 4.79 Å². The van der Waals surface area contributed by atoms with E-state index < -0.39 is 0 Å². The zero-order valence-corrected chi connectivity index (χ0v) is 42.9. The molecule has 0 saturated heterocycles. The first-order valence-electron chi connectivity index (χ1n) is 29.5. The monoisotopic (exact) mass is 859 g/mol. The Morgan fingerprint density at radius 2 is 0.361 bits per heavy atom. The summed E-state index contributed by atoms with van der Waals surface area (Å²) in [5.74, 6) is 0.0365. The third-order valence-corrected chi connectivity index (χ3v) is 14.0. The summed E-state index contributed by atoms with van der Waals surface area (Å²) in [6.07, 6.45) is 77.3. The van der Waals surface area contributed by atoms with E-state index in [0.29, 0.717) is 13.0 Å². The molecule has 0 aliphatic heterocycles. The van der Waals surface area contributed by atoms with Crippen molar-refractivity contribution in [1.82, 2.24) is 0 Å². The summed E-state index contributed by atoms with van der Waals surface area (Å²) in [7, 11) is 0. The van der Waals surface area contributed by atoms with Crippen molar-refractivity contribution in [3.8, 4) is 0 Å². The van der Waals surface area contributed by atoms with Gasteiger partial charge in [0.05, 0.1) is 6.61 Å². The minimum atomic E-state index is 0.0365. The first-order valence-corrected chi connectivity index (χ1v) is 29.5. The molecule has 0 aromatic rings. The van der Waals surface area contributed by atoms with E-state index in [2.05, 4.69) is 13.8 Å². The Hall–Kier alpha value is -0.530. The molecule has 0 aliphatic rings. The van der Waals surface area contributed by atoms with E-state index in [0.717, 1.165) is 12.8 Å². The van der Waals surface area contributed by atoms with E-state index in [4.69, 9.17) is 4.74 Å². The minimum Gasteiger partial charge on any atom is -0.466 e. The molecule has 0 aromatic heterocycles. The third-order valence-electron chi connectivity index (χ3n) is 14.0. The summed E-state index contributed by atoms with van der Waals surface area (Å²) in [6.45, 7) is 5.25. The number of rotatable bonds is 56. The number of unbranched alkanes of at least 4 members (excludes halogenated alkanes) is 52. The van der Waals surface area contributed by atoms with Gasteiger partial charge in [0.1, 0.15) is 0 Å². The smallest absolute Gasteiger partial charge is 0.305 e. The molecule has 2 heteroatoms. The summed E-state index contributed by atoms with van der Waals surface area (Å²) < 4.78 is 5.52. The molecule has 0 aliphatic carbocycles. The number of hydrogen-bond acceptors (Lipinski definition) is 2. The average Bonchev–Trinajstić information content (AvgIpc) is 3.27. The van der Waals surface area contributed by atoms with E-state index in [-0.39, 0.29) is 5.97 Å². The van der Waals surface area contributed by atoms with Gasteiger partial charge in [0.25, 0.3) is 0 Å². The SMILES string of the molecule is CCCCCCCCCCCCCCCCCCCCCCCCCCCCCOC(=O)CCCCCCCCCCCCCCCCCCCCCCCCCCCCC. The molecule has 0 bridgehead atoms. The van der Waals surface area contributed by atoms with Gasteiger partial charge in [0.15, 0.2) is 0 Å². The van der Waals surface area contributed by atoms with Crippen LogP contribution in [0.25, 0.3) is 0 Å². The quantitative estimate of drug-likeness (QED) is 0.0450. The van der Waals surface area contributed by atoms with Gasteiger partial charge in [-0.05, 0) is 12.8 Å². The molecule has 366 valence electrons. The zero-order chi connectivity index (χ0) is 43.9. The van der Waals surface area contributed by atoms with Crippen molar-refractivity contribution in [3.05, 3.63) is 0 Å². The Kier molecular flexibility index (Phi) is 57.0. The summed E-state index contributed by atoms with van der Waals surface area (Å²) in [5, 5.41) is 0. The van der Waals surface area contributed by atoms with Crippen LogP contribution in [0.4, 0.5) is 0 Å². The highest BCUT2D eigenvalue weighted by Gasteiger charge is 2.03. The van der Waals surface area contributed by atoms with Crippen molar-refractivity contribution in [2.75, 3.05) is 6.61 Å². The van der Waals surface area contributed by atoms with Crippen molar-refractivity contribution in [1.29, 1.82) is 0 Å². The van der Waals surface area contributed by atoms with Crippen LogP contribution < -0.4 is 0 Å². The van der Waals surface area contributed by atoms with E-state index >= 15 is 0 Å². The van der Waals surface area contributed by atoms with Gasteiger partial charge in [0, 0.05) is 6.42 Å². The molecule has 0 amide bonds. The Morgan fingerprint density at radius 1 is 0.213 bits per heavy atom. The van der Waals surface area contributed by atoms with E-state index in [1.807, 2.05) is 0 Å². The lowest BCUT2D eigenvalue weighted by Gasteiger charge is -2.06. The number of esters is 1. The highest BCUT2D eigenvalue weighted by Crippen LogP contribution is 2.19. The number of carbonyl (C=O) groups excluding carboxylic acids is 1. The molecule has 0 fully saturated rings. The molecule has 0 heterocycles. The standard InChI is InChI=1S/C59H118O2/c1-3-5-7-9-11-13-15-17-19-21-23-25-27-29-31-33-35-37-39-41-43-45-47-49-51-53-55-57-59(60)61-58-56-54-52-50-48-46-44-42-40-38-36-34-32-30-28-26-24-22-20-18-16-14-12-10-8-6-4-2/h3-58H2,1-2H3.